The van der Waals surface area contributed by atoms with E-state index in [1.807, 2.05) is 56.3 Å². The molecule has 0 atom stereocenters. The van der Waals surface area contributed by atoms with E-state index in [4.69, 9.17) is 15.2 Å². The Morgan fingerprint density at radius 3 is 2.42 bits per heavy atom. The minimum atomic E-state index is -0.0273. The molecule has 2 rings (SSSR count). The van der Waals surface area contributed by atoms with Gasteiger partial charge >= 0.3 is 0 Å². The van der Waals surface area contributed by atoms with Crippen molar-refractivity contribution in [1.29, 1.82) is 0 Å². The molecule has 0 heterocycles. The summed E-state index contributed by atoms with van der Waals surface area (Å²) in [5.41, 5.74) is 9.56. The van der Waals surface area contributed by atoms with E-state index in [2.05, 4.69) is 0 Å². The zero-order valence-electron chi connectivity index (χ0n) is 16.0. The number of benzene rings is 2. The van der Waals surface area contributed by atoms with Crippen molar-refractivity contribution in [2.45, 2.75) is 13.3 Å². The highest BCUT2D eigenvalue weighted by molar-refractivity contribution is 6.12. The number of ether oxygens (including phenoxy) is 2. The molecule has 138 valence electrons. The maximum Gasteiger partial charge on any atom is 0.189 e. The van der Waals surface area contributed by atoms with Crippen molar-refractivity contribution in [2.75, 3.05) is 38.9 Å². The molecule has 0 aliphatic heterocycles. The number of nitrogens with zero attached hydrogens (tertiary/aromatic N) is 1. The van der Waals surface area contributed by atoms with Gasteiger partial charge in [0.15, 0.2) is 5.78 Å². The van der Waals surface area contributed by atoms with Crippen molar-refractivity contribution in [2.24, 2.45) is 0 Å². The average Bonchev–Trinajstić information content (AvgIpc) is 2.65. The number of hydrogen-bond donors (Lipinski definition) is 1. The molecule has 0 aliphatic carbocycles. The first-order valence-corrected chi connectivity index (χ1v) is 8.45. The minimum absolute atomic E-state index is 0.0273. The largest absolute Gasteiger partial charge is 0.497 e. The van der Waals surface area contributed by atoms with Gasteiger partial charge in [-0.2, -0.15) is 0 Å². The summed E-state index contributed by atoms with van der Waals surface area (Å²) in [4.78, 5) is 14.9. The van der Waals surface area contributed by atoms with Crippen LogP contribution in [0.25, 0.3) is 6.08 Å². The van der Waals surface area contributed by atoms with Crippen LogP contribution >= 0.6 is 0 Å². The number of ketones is 1. The molecule has 0 saturated heterocycles. The zero-order chi connectivity index (χ0) is 19.3. The lowest BCUT2D eigenvalue weighted by Gasteiger charge is -2.16. The molecule has 0 unspecified atom stereocenters. The smallest absolute Gasteiger partial charge is 0.189 e. The summed E-state index contributed by atoms with van der Waals surface area (Å²) in [5, 5.41) is 0. The Morgan fingerprint density at radius 1 is 1.12 bits per heavy atom. The van der Waals surface area contributed by atoms with Crippen LogP contribution in [-0.4, -0.2) is 34.1 Å². The van der Waals surface area contributed by atoms with Gasteiger partial charge in [0.25, 0.3) is 0 Å². The van der Waals surface area contributed by atoms with E-state index >= 15 is 0 Å². The molecular weight excluding hydrogens is 328 g/mol. The molecule has 0 amide bonds. The van der Waals surface area contributed by atoms with E-state index < -0.39 is 0 Å². The standard InChI is InChI=1S/C21H26N2O3/c1-6-14(11-16-12-17(25-4)8-10-20(16)26-5)21(24)15-7-9-18(22)19(13-15)23(2)3/h7-13H,6,22H2,1-5H3. The zero-order valence-corrected chi connectivity index (χ0v) is 16.0. The maximum absolute atomic E-state index is 13.0. The molecule has 0 aromatic heterocycles. The molecule has 0 aliphatic rings. The fourth-order valence-electron chi connectivity index (χ4n) is 2.73. The van der Waals surface area contributed by atoms with Crippen LogP contribution in [0, 0.1) is 0 Å². The molecule has 0 fully saturated rings. The number of carbonyl (C=O) groups excluding carboxylic acids is 1. The second-order valence-corrected chi connectivity index (χ2v) is 6.13. The molecule has 26 heavy (non-hydrogen) atoms. The third kappa shape index (κ3) is 4.17. The van der Waals surface area contributed by atoms with Gasteiger partial charge in [-0.05, 0) is 48.9 Å². The van der Waals surface area contributed by atoms with E-state index in [1.54, 1.807) is 26.4 Å². The van der Waals surface area contributed by atoms with Crippen molar-refractivity contribution in [3.05, 3.63) is 53.1 Å². The quantitative estimate of drug-likeness (QED) is 0.462. The Hall–Kier alpha value is -2.95. The minimum Gasteiger partial charge on any atom is -0.497 e. The van der Waals surface area contributed by atoms with Crippen molar-refractivity contribution >= 4 is 23.2 Å². The van der Waals surface area contributed by atoms with Crippen molar-refractivity contribution in [1.82, 2.24) is 0 Å². The summed E-state index contributed by atoms with van der Waals surface area (Å²) in [5.74, 6) is 1.37. The van der Waals surface area contributed by atoms with Gasteiger partial charge in [0.2, 0.25) is 0 Å². The van der Waals surface area contributed by atoms with Crippen LogP contribution in [0.1, 0.15) is 29.3 Å². The molecule has 0 bridgehead atoms. The van der Waals surface area contributed by atoms with E-state index in [1.165, 1.54) is 0 Å². The number of Topliss-reactive ketones (excluding diaryl/α,β-unsaturated/α-hetero) is 1. The Kier molecular flexibility index (Phi) is 6.28. The number of allylic oxidation sites excluding steroid dienone is 1. The number of nitrogens with two attached hydrogens (primary N) is 1. The number of hydrogen-bond acceptors (Lipinski definition) is 5. The van der Waals surface area contributed by atoms with Crippen molar-refractivity contribution in [3.8, 4) is 11.5 Å². The first-order chi connectivity index (χ1) is 12.4. The molecule has 0 saturated carbocycles. The van der Waals surface area contributed by atoms with Crippen LogP contribution in [0.4, 0.5) is 11.4 Å². The molecule has 2 aromatic carbocycles. The number of carbonyl (C=O) groups is 1. The second-order valence-electron chi connectivity index (χ2n) is 6.13. The normalized spacial score (nSPS) is 11.2. The SMILES string of the molecule is CCC(=Cc1cc(OC)ccc1OC)C(=O)c1ccc(N)c(N(C)C)c1. The topological polar surface area (TPSA) is 64.8 Å². The third-order valence-corrected chi connectivity index (χ3v) is 4.21. The van der Waals surface area contributed by atoms with Gasteiger partial charge in [0.1, 0.15) is 11.5 Å². The Bertz CT molecular complexity index is 826. The highest BCUT2D eigenvalue weighted by atomic mass is 16.5. The van der Waals surface area contributed by atoms with Crippen LogP contribution < -0.4 is 20.1 Å². The summed E-state index contributed by atoms with van der Waals surface area (Å²) in [7, 11) is 7.02. The van der Waals surface area contributed by atoms with E-state index in [-0.39, 0.29) is 5.78 Å². The van der Waals surface area contributed by atoms with E-state index in [9.17, 15) is 4.79 Å². The lowest BCUT2D eigenvalue weighted by molar-refractivity contribution is 0.103. The summed E-state index contributed by atoms with van der Waals surface area (Å²) in [6.45, 7) is 1.96. The van der Waals surface area contributed by atoms with Gasteiger partial charge in [-0.25, -0.2) is 0 Å². The van der Waals surface area contributed by atoms with Gasteiger partial charge < -0.3 is 20.1 Å². The van der Waals surface area contributed by atoms with Crippen LogP contribution in [0.15, 0.2) is 42.0 Å². The molecule has 0 radical (unpaired) electrons. The van der Waals surface area contributed by atoms with Gasteiger partial charge in [0.05, 0.1) is 25.6 Å². The van der Waals surface area contributed by atoms with E-state index in [0.717, 1.165) is 11.3 Å². The van der Waals surface area contributed by atoms with Crippen molar-refractivity contribution in [3.63, 3.8) is 0 Å². The monoisotopic (exact) mass is 354 g/mol. The summed E-state index contributed by atoms with van der Waals surface area (Å²) in [6.07, 6.45) is 2.45. The molecular formula is C21H26N2O3. The number of nitrogen functional groups attached to an aromatic ring is 1. The summed E-state index contributed by atoms with van der Waals surface area (Å²) in [6, 6.07) is 10.9. The summed E-state index contributed by atoms with van der Waals surface area (Å²) >= 11 is 0. The van der Waals surface area contributed by atoms with Crippen LogP contribution in [0.5, 0.6) is 11.5 Å². The molecule has 5 nitrogen and oxygen atoms in total. The predicted molar refractivity (Wildman–Crippen MR) is 107 cm³/mol. The Labute approximate surface area is 155 Å². The van der Waals surface area contributed by atoms with Crippen LogP contribution in [0.2, 0.25) is 0 Å². The third-order valence-electron chi connectivity index (χ3n) is 4.21. The lowest BCUT2D eigenvalue weighted by atomic mass is 9.97. The maximum atomic E-state index is 13.0. The van der Waals surface area contributed by atoms with Crippen molar-refractivity contribution < 1.29 is 14.3 Å². The fraction of sp³-hybridized carbons (Fsp3) is 0.286. The highest BCUT2D eigenvalue weighted by Crippen LogP contribution is 2.29. The first kappa shape index (κ1) is 19.4. The molecule has 0 spiro atoms. The van der Waals surface area contributed by atoms with E-state index in [0.29, 0.717) is 34.7 Å². The predicted octanol–water partition coefficient (Wildman–Crippen LogP) is 4.03. The second kappa shape index (κ2) is 8.43. The molecule has 2 N–H and O–H groups in total. The van der Waals surface area contributed by atoms with Crippen LogP contribution in [0.3, 0.4) is 0 Å². The number of rotatable bonds is 7. The first-order valence-electron chi connectivity index (χ1n) is 8.45. The highest BCUT2D eigenvalue weighted by Gasteiger charge is 2.15. The van der Waals surface area contributed by atoms with Gasteiger partial charge in [-0.15, -0.1) is 0 Å². The van der Waals surface area contributed by atoms with Crippen LogP contribution in [-0.2, 0) is 0 Å². The Balaban J connectivity index is 2.47. The van der Waals surface area contributed by atoms with Gasteiger partial charge in [-0.1, -0.05) is 6.92 Å². The Morgan fingerprint density at radius 2 is 1.85 bits per heavy atom. The number of anilines is 2. The molecule has 2 aromatic rings. The van der Waals surface area contributed by atoms with Gasteiger partial charge in [0, 0.05) is 30.8 Å². The van der Waals surface area contributed by atoms with Gasteiger partial charge in [-0.3, -0.25) is 4.79 Å². The number of methoxy groups -OCH3 is 2. The average molecular weight is 354 g/mol. The molecule has 5 heteroatoms. The lowest BCUT2D eigenvalue weighted by Crippen LogP contribution is -2.13. The summed E-state index contributed by atoms with van der Waals surface area (Å²) < 4.78 is 10.7. The fourth-order valence-corrected chi connectivity index (χ4v) is 2.73.